The first-order valence-corrected chi connectivity index (χ1v) is 10.3. The van der Waals surface area contributed by atoms with E-state index >= 15 is 0 Å². The van der Waals surface area contributed by atoms with Crippen molar-refractivity contribution in [3.63, 3.8) is 0 Å². The summed E-state index contributed by atoms with van der Waals surface area (Å²) in [5, 5.41) is 2.42. The first-order valence-electron chi connectivity index (χ1n) is 9.42. The van der Waals surface area contributed by atoms with E-state index in [-0.39, 0.29) is 24.5 Å². The van der Waals surface area contributed by atoms with Crippen molar-refractivity contribution in [3.05, 3.63) is 47.0 Å². The normalized spacial score (nSPS) is 24.9. The number of fused-ring (bicyclic) bond motifs is 1. The Morgan fingerprint density at radius 1 is 1.39 bits per heavy atom. The average molecular weight is 401 g/mol. The van der Waals surface area contributed by atoms with Gasteiger partial charge in [0.25, 0.3) is 0 Å². The molecular weight excluding hydrogens is 376 g/mol. The number of carbonyl (C=O) groups excluding carboxylic acids is 2. The van der Waals surface area contributed by atoms with E-state index in [1.165, 1.54) is 11.3 Å². The summed E-state index contributed by atoms with van der Waals surface area (Å²) in [6, 6.07) is 9.99. The van der Waals surface area contributed by atoms with Gasteiger partial charge in [-0.25, -0.2) is 4.98 Å². The molecule has 2 aliphatic rings. The summed E-state index contributed by atoms with van der Waals surface area (Å²) in [5.74, 6) is 0.0531. The summed E-state index contributed by atoms with van der Waals surface area (Å²) in [7, 11) is 1.84. The van der Waals surface area contributed by atoms with Crippen LogP contribution in [0.1, 0.15) is 24.1 Å². The molecule has 2 aromatic rings. The predicted molar refractivity (Wildman–Crippen MR) is 107 cm³/mol. The highest BCUT2D eigenvalue weighted by atomic mass is 32.1. The zero-order valence-electron chi connectivity index (χ0n) is 15.8. The lowest BCUT2D eigenvalue weighted by Crippen LogP contribution is -2.67. The molecule has 0 radical (unpaired) electrons. The Hall–Kier alpha value is -2.45. The molecule has 2 N–H and O–H groups in total. The maximum atomic E-state index is 12.8. The van der Waals surface area contributed by atoms with Crippen LogP contribution in [-0.2, 0) is 26.3 Å². The van der Waals surface area contributed by atoms with E-state index in [4.69, 9.17) is 10.5 Å². The summed E-state index contributed by atoms with van der Waals surface area (Å²) < 4.78 is 5.96. The molecule has 2 fully saturated rings. The van der Waals surface area contributed by atoms with E-state index in [1.807, 2.05) is 52.6 Å². The number of benzene rings is 1. The summed E-state index contributed by atoms with van der Waals surface area (Å²) in [6.07, 6.45) is 1.38. The second-order valence-corrected chi connectivity index (χ2v) is 8.20. The maximum absolute atomic E-state index is 12.8. The van der Waals surface area contributed by atoms with Gasteiger partial charge in [0.1, 0.15) is 12.7 Å². The number of likely N-dealkylation sites (N-methyl/N-ethyl adjacent to an activating group) is 1. The van der Waals surface area contributed by atoms with Gasteiger partial charge in [0.15, 0.2) is 5.13 Å². The first-order chi connectivity index (χ1) is 13.5. The SMILES string of the molecule is CN1C(=O)CO[C@@H]2CN(C(=O)CCc3csc(N)n3)CC[C@]21c1ccccc1. The number of anilines is 1. The van der Waals surface area contributed by atoms with Crippen molar-refractivity contribution in [1.82, 2.24) is 14.8 Å². The number of nitrogens with zero attached hydrogens (tertiary/aromatic N) is 3. The Morgan fingerprint density at radius 3 is 2.89 bits per heavy atom. The molecule has 7 nitrogen and oxygen atoms in total. The minimum atomic E-state index is -0.531. The lowest BCUT2D eigenvalue weighted by molar-refractivity contribution is -0.184. The number of hydrogen-bond acceptors (Lipinski definition) is 6. The number of morpholine rings is 1. The van der Waals surface area contributed by atoms with Crippen molar-refractivity contribution >= 4 is 28.3 Å². The molecule has 1 aromatic heterocycles. The molecule has 1 aromatic carbocycles. The number of amides is 2. The Labute approximate surface area is 168 Å². The standard InChI is InChI=1S/C20H24N4O3S/c1-23-18(26)12-27-16-11-24(17(25)8-7-15-13-28-19(21)22-15)10-9-20(16,23)14-5-3-2-4-6-14/h2-6,13,16H,7-12H2,1H3,(H2,21,22)/t16-,20+/m1/s1. The molecular formula is C20H24N4O3S. The number of aromatic nitrogens is 1. The molecule has 2 amide bonds. The van der Waals surface area contributed by atoms with Crippen LogP contribution in [0.3, 0.4) is 0 Å². The molecule has 2 atom stereocenters. The van der Waals surface area contributed by atoms with E-state index in [0.717, 1.165) is 11.3 Å². The van der Waals surface area contributed by atoms with Crippen LogP contribution >= 0.6 is 11.3 Å². The number of nitrogens with two attached hydrogens (primary N) is 1. The molecule has 2 saturated heterocycles. The molecule has 4 rings (SSSR count). The molecule has 0 unspecified atom stereocenters. The third-order valence-electron chi connectivity index (χ3n) is 5.85. The fraction of sp³-hybridized carbons (Fsp3) is 0.450. The molecule has 3 heterocycles. The van der Waals surface area contributed by atoms with Gasteiger partial charge in [-0.05, 0) is 18.4 Å². The second-order valence-electron chi connectivity index (χ2n) is 7.31. The van der Waals surface area contributed by atoms with Gasteiger partial charge < -0.3 is 20.3 Å². The molecule has 0 spiro atoms. The second kappa shape index (κ2) is 7.52. The van der Waals surface area contributed by atoms with Gasteiger partial charge in [-0.2, -0.15) is 0 Å². The van der Waals surface area contributed by atoms with Crippen LogP contribution in [0.4, 0.5) is 5.13 Å². The summed E-state index contributed by atoms with van der Waals surface area (Å²) in [6.45, 7) is 1.12. The quantitative estimate of drug-likeness (QED) is 0.843. The van der Waals surface area contributed by atoms with E-state index in [2.05, 4.69) is 4.98 Å². The fourth-order valence-corrected chi connectivity index (χ4v) is 4.88. The zero-order valence-corrected chi connectivity index (χ0v) is 16.7. The third kappa shape index (κ3) is 3.27. The van der Waals surface area contributed by atoms with E-state index in [0.29, 0.717) is 37.5 Å². The van der Waals surface area contributed by atoms with Crippen molar-refractivity contribution in [2.75, 3.05) is 32.5 Å². The lowest BCUT2D eigenvalue weighted by atomic mass is 9.76. The van der Waals surface area contributed by atoms with Gasteiger partial charge in [0, 0.05) is 31.9 Å². The average Bonchev–Trinajstić information content (AvgIpc) is 3.14. The lowest BCUT2D eigenvalue weighted by Gasteiger charge is -2.54. The molecule has 0 aliphatic carbocycles. The Bertz CT molecular complexity index is 871. The van der Waals surface area contributed by atoms with E-state index < -0.39 is 5.54 Å². The van der Waals surface area contributed by atoms with E-state index in [1.54, 1.807) is 0 Å². The number of likely N-dealkylation sites (tertiary alicyclic amines) is 1. The van der Waals surface area contributed by atoms with Crippen LogP contribution in [0.5, 0.6) is 0 Å². The molecule has 0 bridgehead atoms. The molecule has 148 valence electrons. The number of thiazole rings is 1. The van der Waals surface area contributed by atoms with Crippen molar-refractivity contribution in [1.29, 1.82) is 0 Å². The molecule has 28 heavy (non-hydrogen) atoms. The molecule has 8 heteroatoms. The van der Waals surface area contributed by atoms with Gasteiger partial charge in [0.2, 0.25) is 11.8 Å². The molecule has 2 aliphatic heterocycles. The van der Waals surface area contributed by atoms with Crippen molar-refractivity contribution < 1.29 is 14.3 Å². The fourth-order valence-electron chi connectivity index (χ4n) is 4.28. The summed E-state index contributed by atoms with van der Waals surface area (Å²) in [4.78, 5) is 33.1. The Balaban J connectivity index is 1.50. The summed E-state index contributed by atoms with van der Waals surface area (Å²) >= 11 is 1.39. The predicted octanol–water partition coefficient (Wildman–Crippen LogP) is 1.64. The topological polar surface area (TPSA) is 88.8 Å². The van der Waals surface area contributed by atoms with Crippen LogP contribution in [0.15, 0.2) is 35.7 Å². The highest BCUT2D eigenvalue weighted by molar-refractivity contribution is 7.13. The van der Waals surface area contributed by atoms with E-state index in [9.17, 15) is 9.59 Å². The number of piperidine rings is 1. The number of carbonyl (C=O) groups is 2. The smallest absolute Gasteiger partial charge is 0.249 e. The number of nitrogen functional groups attached to an aromatic ring is 1. The van der Waals surface area contributed by atoms with Crippen LogP contribution < -0.4 is 5.73 Å². The van der Waals surface area contributed by atoms with Crippen LogP contribution in [-0.4, -0.2) is 59.4 Å². The van der Waals surface area contributed by atoms with Crippen LogP contribution in [0, 0.1) is 0 Å². The van der Waals surface area contributed by atoms with Crippen molar-refractivity contribution in [3.8, 4) is 0 Å². The Morgan fingerprint density at radius 2 is 2.18 bits per heavy atom. The van der Waals surface area contributed by atoms with Gasteiger partial charge in [-0.15, -0.1) is 11.3 Å². The maximum Gasteiger partial charge on any atom is 0.249 e. The number of aryl methyl sites for hydroxylation is 1. The van der Waals surface area contributed by atoms with Crippen molar-refractivity contribution in [2.24, 2.45) is 0 Å². The van der Waals surface area contributed by atoms with Crippen molar-refractivity contribution in [2.45, 2.75) is 30.9 Å². The largest absolute Gasteiger partial charge is 0.375 e. The monoisotopic (exact) mass is 400 g/mol. The highest BCUT2D eigenvalue weighted by Gasteiger charge is 2.53. The number of hydrogen-bond donors (Lipinski definition) is 1. The van der Waals surface area contributed by atoms with Gasteiger partial charge in [0.05, 0.1) is 11.2 Å². The third-order valence-corrected chi connectivity index (χ3v) is 6.58. The van der Waals surface area contributed by atoms with Crippen LogP contribution in [0.25, 0.3) is 0 Å². The van der Waals surface area contributed by atoms with Gasteiger partial charge in [-0.1, -0.05) is 30.3 Å². The first kappa shape index (κ1) is 18.9. The zero-order chi connectivity index (χ0) is 19.7. The summed E-state index contributed by atoms with van der Waals surface area (Å²) in [5.41, 5.74) is 7.04. The number of ether oxygens (including phenoxy) is 1. The minimum Gasteiger partial charge on any atom is -0.375 e. The number of rotatable bonds is 4. The highest BCUT2D eigenvalue weighted by Crippen LogP contribution is 2.42. The molecule has 0 saturated carbocycles. The van der Waals surface area contributed by atoms with Crippen LogP contribution in [0.2, 0.25) is 0 Å². The van der Waals surface area contributed by atoms with Gasteiger partial charge in [-0.3, -0.25) is 9.59 Å². The van der Waals surface area contributed by atoms with Gasteiger partial charge >= 0.3 is 0 Å². The minimum absolute atomic E-state index is 0.0269. The Kier molecular flexibility index (Phi) is 5.07.